The summed E-state index contributed by atoms with van der Waals surface area (Å²) in [6.07, 6.45) is 0. The zero-order valence-electron chi connectivity index (χ0n) is 12.0. The Hall–Kier alpha value is -1.69. The van der Waals surface area contributed by atoms with Gasteiger partial charge in [-0.2, -0.15) is 0 Å². The number of rotatable bonds is 6. The Labute approximate surface area is 128 Å². The van der Waals surface area contributed by atoms with Gasteiger partial charge in [0.05, 0.1) is 13.2 Å². The van der Waals surface area contributed by atoms with Crippen molar-refractivity contribution in [2.45, 2.75) is 6.92 Å². The highest BCUT2D eigenvalue weighted by atomic mass is 32.1. The van der Waals surface area contributed by atoms with Gasteiger partial charge in [-0.25, -0.2) is 0 Å². The molecule has 1 aromatic carbocycles. The van der Waals surface area contributed by atoms with Gasteiger partial charge in [0.15, 0.2) is 0 Å². The van der Waals surface area contributed by atoms with Gasteiger partial charge in [-0.05, 0) is 36.8 Å². The van der Waals surface area contributed by atoms with Crippen LogP contribution in [-0.4, -0.2) is 47.3 Å². The molecule has 0 fully saturated rings. The Morgan fingerprint density at radius 1 is 1.05 bits per heavy atom. The first kappa shape index (κ1) is 15.7. The van der Waals surface area contributed by atoms with Crippen molar-refractivity contribution >= 4 is 17.2 Å². The first-order chi connectivity index (χ1) is 10.2. The summed E-state index contributed by atoms with van der Waals surface area (Å²) >= 11 is 1.72. The van der Waals surface area contributed by atoms with Crippen LogP contribution in [0.3, 0.4) is 0 Å². The van der Waals surface area contributed by atoms with E-state index in [0.29, 0.717) is 5.56 Å². The third kappa shape index (κ3) is 3.91. The maximum Gasteiger partial charge on any atom is 0.254 e. The molecular weight excluding hydrogens is 286 g/mol. The molecular formula is C16H19NO3S. The number of thiophene rings is 1. The van der Waals surface area contributed by atoms with Gasteiger partial charge in [-0.15, -0.1) is 11.3 Å². The van der Waals surface area contributed by atoms with Crippen LogP contribution in [-0.2, 0) is 0 Å². The van der Waals surface area contributed by atoms with Crippen LogP contribution in [0.15, 0.2) is 36.4 Å². The number of nitrogens with zero attached hydrogens (tertiary/aromatic N) is 1. The lowest BCUT2D eigenvalue weighted by molar-refractivity contribution is 0.0685. The van der Waals surface area contributed by atoms with Crippen molar-refractivity contribution in [1.82, 2.24) is 4.90 Å². The fourth-order valence-electron chi connectivity index (χ4n) is 2.11. The molecule has 2 rings (SSSR count). The Kier molecular flexibility index (Phi) is 5.50. The number of benzene rings is 1. The molecule has 0 saturated heterocycles. The molecule has 2 aromatic rings. The van der Waals surface area contributed by atoms with Gasteiger partial charge in [-0.3, -0.25) is 4.79 Å². The maximum atomic E-state index is 12.3. The second kappa shape index (κ2) is 7.36. The predicted molar refractivity (Wildman–Crippen MR) is 84.6 cm³/mol. The summed E-state index contributed by atoms with van der Waals surface area (Å²) in [4.78, 5) is 16.2. The second-order valence-corrected chi connectivity index (χ2v) is 6.01. The zero-order valence-corrected chi connectivity index (χ0v) is 12.8. The van der Waals surface area contributed by atoms with Crippen molar-refractivity contribution in [3.05, 3.63) is 46.8 Å². The van der Waals surface area contributed by atoms with E-state index < -0.39 is 0 Å². The summed E-state index contributed by atoms with van der Waals surface area (Å²) in [6.45, 7) is 2.29. The van der Waals surface area contributed by atoms with Gasteiger partial charge in [0.2, 0.25) is 0 Å². The molecule has 0 atom stereocenters. The largest absolute Gasteiger partial charge is 0.395 e. The molecule has 0 aliphatic rings. The second-order valence-electron chi connectivity index (χ2n) is 4.73. The highest BCUT2D eigenvalue weighted by molar-refractivity contribution is 7.15. The SMILES string of the molecule is Cc1ccc(-c2ccc(C(=O)N(CCO)CCO)cc2)s1. The predicted octanol–water partition coefficient (Wildman–Crippen LogP) is 2.15. The zero-order chi connectivity index (χ0) is 15.2. The van der Waals surface area contributed by atoms with Crippen molar-refractivity contribution < 1.29 is 15.0 Å². The Morgan fingerprint density at radius 2 is 1.67 bits per heavy atom. The lowest BCUT2D eigenvalue weighted by Gasteiger charge is -2.20. The topological polar surface area (TPSA) is 60.8 Å². The van der Waals surface area contributed by atoms with Crippen LogP contribution in [0.25, 0.3) is 10.4 Å². The van der Waals surface area contributed by atoms with E-state index in [-0.39, 0.29) is 32.2 Å². The summed E-state index contributed by atoms with van der Waals surface area (Å²) in [6, 6.07) is 11.6. The molecule has 0 bridgehead atoms. The van der Waals surface area contributed by atoms with Crippen molar-refractivity contribution in [1.29, 1.82) is 0 Å². The molecule has 1 heterocycles. The van der Waals surface area contributed by atoms with Crippen molar-refractivity contribution in [2.24, 2.45) is 0 Å². The first-order valence-corrected chi connectivity index (χ1v) is 7.65. The molecule has 112 valence electrons. The monoisotopic (exact) mass is 305 g/mol. The van der Waals surface area contributed by atoms with Crippen LogP contribution in [0.1, 0.15) is 15.2 Å². The van der Waals surface area contributed by atoms with Crippen molar-refractivity contribution in [3.8, 4) is 10.4 Å². The number of carbonyl (C=O) groups excluding carboxylic acids is 1. The maximum absolute atomic E-state index is 12.3. The van der Waals surface area contributed by atoms with Gasteiger partial charge in [-0.1, -0.05) is 12.1 Å². The average Bonchev–Trinajstić information content (AvgIpc) is 2.93. The summed E-state index contributed by atoms with van der Waals surface area (Å²) in [7, 11) is 0. The van der Waals surface area contributed by atoms with Crippen LogP contribution < -0.4 is 0 Å². The Bertz CT molecular complexity index is 586. The summed E-state index contributed by atoms with van der Waals surface area (Å²) in [5, 5.41) is 18.0. The summed E-state index contributed by atoms with van der Waals surface area (Å²) in [5.74, 6) is -0.174. The molecule has 2 N–H and O–H groups in total. The normalized spacial score (nSPS) is 10.6. The van der Waals surface area contributed by atoms with Crippen LogP contribution in [0.4, 0.5) is 0 Å². The van der Waals surface area contributed by atoms with Gasteiger partial charge in [0.25, 0.3) is 5.91 Å². The number of aliphatic hydroxyl groups excluding tert-OH is 2. The number of aliphatic hydroxyl groups is 2. The summed E-state index contributed by atoms with van der Waals surface area (Å²) in [5.41, 5.74) is 1.65. The van der Waals surface area contributed by atoms with Crippen LogP contribution in [0.2, 0.25) is 0 Å². The van der Waals surface area contributed by atoms with E-state index in [1.54, 1.807) is 23.5 Å². The smallest absolute Gasteiger partial charge is 0.254 e. The minimum Gasteiger partial charge on any atom is -0.395 e. The Balaban J connectivity index is 2.15. The molecule has 0 radical (unpaired) electrons. The van der Waals surface area contributed by atoms with Gasteiger partial charge in [0, 0.05) is 28.4 Å². The highest BCUT2D eigenvalue weighted by Gasteiger charge is 2.14. The number of hydrogen-bond donors (Lipinski definition) is 2. The van der Waals surface area contributed by atoms with Gasteiger partial charge in [0.1, 0.15) is 0 Å². The Morgan fingerprint density at radius 3 is 2.14 bits per heavy atom. The van der Waals surface area contributed by atoms with Crippen molar-refractivity contribution in [3.63, 3.8) is 0 Å². The third-order valence-corrected chi connectivity index (χ3v) is 4.23. The van der Waals surface area contributed by atoms with E-state index in [9.17, 15) is 4.79 Å². The minimum absolute atomic E-state index is 0.113. The molecule has 0 aliphatic heterocycles. The molecule has 21 heavy (non-hydrogen) atoms. The fraction of sp³-hybridized carbons (Fsp3) is 0.312. The minimum atomic E-state index is -0.174. The number of carbonyl (C=O) groups is 1. The van der Waals surface area contributed by atoms with Crippen LogP contribution >= 0.6 is 11.3 Å². The quantitative estimate of drug-likeness (QED) is 0.859. The molecule has 0 aliphatic carbocycles. The average molecular weight is 305 g/mol. The van der Waals surface area contributed by atoms with E-state index >= 15 is 0 Å². The molecule has 4 nitrogen and oxygen atoms in total. The third-order valence-electron chi connectivity index (χ3n) is 3.18. The molecule has 1 amide bonds. The first-order valence-electron chi connectivity index (χ1n) is 6.83. The number of hydrogen-bond acceptors (Lipinski definition) is 4. The highest BCUT2D eigenvalue weighted by Crippen LogP contribution is 2.27. The summed E-state index contributed by atoms with van der Waals surface area (Å²) < 4.78 is 0. The molecule has 0 saturated carbocycles. The van der Waals surface area contributed by atoms with Crippen LogP contribution in [0, 0.1) is 6.92 Å². The van der Waals surface area contributed by atoms with Crippen LogP contribution in [0.5, 0.6) is 0 Å². The molecule has 5 heteroatoms. The molecule has 0 unspecified atom stereocenters. The van der Waals surface area contributed by atoms with Gasteiger partial charge >= 0.3 is 0 Å². The van der Waals surface area contributed by atoms with E-state index in [1.165, 1.54) is 14.7 Å². The van der Waals surface area contributed by atoms with E-state index in [0.717, 1.165) is 5.56 Å². The van der Waals surface area contributed by atoms with Gasteiger partial charge < -0.3 is 15.1 Å². The molecule has 1 aromatic heterocycles. The van der Waals surface area contributed by atoms with E-state index in [4.69, 9.17) is 10.2 Å². The van der Waals surface area contributed by atoms with Crippen molar-refractivity contribution in [2.75, 3.05) is 26.3 Å². The number of aryl methyl sites for hydroxylation is 1. The lowest BCUT2D eigenvalue weighted by Crippen LogP contribution is -2.35. The lowest BCUT2D eigenvalue weighted by atomic mass is 10.1. The fourth-order valence-corrected chi connectivity index (χ4v) is 2.98. The standard InChI is InChI=1S/C16H19NO3S/c1-12-2-7-15(21-12)13-3-5-14(6-4-13)16(20)17(8-10-18)9-11-19/h2-7,18-19H,8-11H2,1H3. The number of amides is 1. The van der Waals surface area contributed by atoms with E-state index in [2.05, 4.69) is 19.1 Å². The van der Waals surface area contributed by atoms with E-state index in [1.807, 2.05) is 12.1 Å². The molecule has 0 spiro atoms.